The van der Waals surface area contributed by atoms with E-state index in [-0.39, 0.29) is 11.6 Å². The fourth-order valence-corrected chi connectivity index (χ4v) is 6.86. The van der Waals surface area contributed by atoms with Gasteiger partial charge in [-0.15, -0.1) is 0 Å². The highest BCUT2D eigenvalue weighted by Gasteiger charge is 2.35. The molecule has 0 unspecified atom stereocenters. The second-order valence-corrected chi connectivity index (χ2v) is 11.7. The Bertz CT molecular complexity index is 1510. The molecular weight excluding hydrogens is 547 g/mol. The van der Waals surface area contributed by atoms with Crippen molar-refractivity contribution in [3.8, 4) is 17.0 Å². The molecule has 1 aliphatic carbocycles. The fraction of sp³-hybridized carbons (Fsp3) is 0.370. The number of thiazole rings is 1. The van der Waals surface area contributed by atoms with Crippen LogP contribution in [0.1, 0.15) is 47.4 Å². The predicted octanol–water partition coefficient (Wildman–Crippen LogP) is 6.55. The minimum absolute atomic E-state index is 0.186. The summed E-state index contributed by atoms with van der Waals surface area (Å²) in [5.74, 6) is 0.830. The SMILES string of the molecule is COc1cc(C(=O)O)cc2sc(N3CCN(Cc4c(-c5c(Cl)cccc5Cl)noc4C4CC4)C[C@@H]3C)nc12. The van der Waals surface area contributed by atoms with E-state index in [1.54, 1.807) is 6.07 Å². The molecule has 1 saturated carbocycles. The van der Waals surface area contributed by atoms with Crippen molar-refractivity contribution in [3.63, 3.8) is 0 Å². The molecule has 2 aliphatic rings. The number of hydrogen-bond donors (Lipinski definition) is 1. The van der Waals surface area contributed by atoms with Gasteiger partial charge in [-0.3, -0.25) is 4.90 Å². The van der Waals surface area contributed by atoms with Gasteiger partial charge in [-0.25, -0.2) is 9.78 Å². The lowest BCUT2D eigenvalue weighted by molar-refractivity contribution is 0.0696. The Labute approximate surface area is 233 Å². The Morgan fingerprint density at radius 2 is 2.00 bits per heavy atom. The van der Waals surface area contributed by atoms with Crippen LogP contribution in [0, 0.1) is 0 Å². The lowest BCUT2D eigenvalue weighted by Crippen LogP contribution is -2.51. The van der Waals surface area contributed by atoms with Crippen LogP contribution in [0.25, 0.3) is 21.5 Å². The first-order chi connectivity index (χ1) is 18.3. The van der Waals surface area contributed by atoms with Gasteiger partial charge in [0.1, 0.15) is 22.7 Å². The Morgan fingerprint density at radius 1 is 1.24 bits per heavy atom. The van der Waals surface area contributed by atoms with Crippen LogP contribution in [0.5, 0.6) is 5.75 Å². The Hall–Kier alpha value is -2.85. The quantitative estimate of drug-likeness (QED) is 0.266. The van der Waals surface area contributed by atoms with Crippen LogP contribution in [0.3, 0.4) is 0 Å². The molecule has 3 heterocycles. The molecule has 2 fully saturated rings. The van der Waals surface area contributed by atoms with Gasteiger partial charge in [0.25, 0.3) is 0 Å². The minimum Gasteiger partial charge on any atom is -0.494 e. The number of benzene rings is 2. The van der Waals surface area contributed by atoms with E-state index in [1.807, 2.05) is 18.2 Å². The van der Waals surface area contributed by atoms with E-state index in [2.05, 4.69) is 21.9 Å². The molecule has 198 valence electrons. The number of methoxy groups -OCH3 is 1. The number of halogens is 2. The number of hydrogen-bond acceptors (Lipinski definition) is 8. The summed E-state index contributed by atoms with van der Waals surface area (Å²) in [7, 11) is 1.53. The van der Waals surface area contributed by atoms with Crippen LogP contribution in [-0.4, -0.2) is 58.9 Å². The van der Waals surface area contributed by atoms with Crippen LogP contribution >= 0.6 is 34.5 Å². The lowest BCUT2D eigenvalue weighted by atomic mass is 10.0. The second kappa shape index (κ2) is 10.0. The van der Waals surface area contributed by atoms with Gasteiger partial charge in [0.05, 0.1) is 27.4 Å². The van der Waals surface area contributed by atoms with Gasteiger partial charge >= 0.3 is 5.97 Å². The van der Waals surface area contributed by atoms with E-state index in [4.69, 9.17) is 37.4 Å². The standard InChI is InChI=1S/C27H26Cl2N4O4S/c1-14-12-32(8-9-33(14)27-30-24-20(36-2)10-16(26(34)35)11-21(24)38-27)13-17-23(31-37-25(17)15-6-7-15)22-18(28)4-3-5-19(22)29/h3-5,10-11,14-15H,6-9,12-13H2,1-2H3,(H,34,35)/t14-/m0/s1. The third kappa shape index (κ3) is 4.62. The lowest BCUT2D eigenvalue weighted by Gasteiger charge is -2.39. The first-order valence-corrected chi connectivity index (χ1v) is 14.0. The van der Waals surface area contributed by atoms with Gasteiger partial charge < -0.3 is 19.3 Å². The summed E-state index contributed by atoms with van der Waals surface area (Å²) in [6.45, 7) is 5.29. The molecule has 4 aromatic rings. The topological polar surface area (TPSA) is 91.9 Å². The zero-order chi connectivity index (χ0) is 26.6. The molecule has 6 rings (SSSR count). The van der Waals surface area contributed by atoms with Gasteiger partial charge in [-0.1, -0.05) is 45.8 Å². The molecule has 0 radical (unpaired) electrons. The molecular formula is C27H26Cl2N4O4S. The maximum Gasteiger partial charge on any atom is 0.335 e. The van der Waals surface area contributed by atoms with Gasteiger partial charge in [-0.2, -0.15) is 0 Å². The van der Waals surface area contributed by atoms with Crippen LogP contribution < -0.4 is 9.64 Å². The minimum atomic E-state index is -0.987. The molecule has 2 aromatic carbocycles. The van der Waals surface area contributed by atoms with E-state index in [0.29, 0.717) is 33.8 Å². The van der Waals surface area contributed by atoms with E-state index in [9.17, 15) is 9.90 Å². The summed E-state index contributed by atoms with van der Waals surface area (Å²) in [5, 5.41) is 15.9. The summed E-state index contributed by atoms with van der Waals surface area (Å²) in [5.41, 5.74) is 3.39. The predicted molar refractivity (Wildman–Crippen MR) is 149 cm³/mol. The molecule has 1 N–H and O–H groups in total. The molecule has 1 saturated heterocycles. The molecule has 0 bridgehead atoms. The zero-order valence-corrected chi connectivity index (χ0v) is 23.2. The highest BCUT2D eigenvalue weighted by molar-refractivity contribution is 7.22. The number of nitrogens with zero attached hydrogens (tertiary/aromatic N) is 4. The highest BCUT2D eigenvalue weighted by atomic mass is 35.5. The normalized spacial score (nSPS) is 18.3. The molecule has 1 atom stereocenters. The van der Waals surface area contributed by atoms with Crippen molar-refractivity contribution in [2.75, 3.05) is 31.6 Å². The second-order valence-electron chi connectivity index (χ2n) is 9.85. The van der Waals surface area contributed by atoms with Crippen molar-refractivity contribution in [3.05, 3.63) is 57.3 Å². The first kappa shape index (κ1) is 25.4. The van der Waals surface area contributed by atoms with E-state index in [1.165, 1.54) is 24.5 Å². The molecule has 0 amide bonds. The zero-order valence-electron chi connectivity index (χ0n) is 20.9. The molecule has 0 spiro atoms. The summed E-state index contributed by atoms with van der Waals surface area (Å²) in [6, 6.07) is 8.85. The van der Waals surface area contributed by atoms with Crippen molar-refractivity contribution in [2.45, 2.75) is 38.3 Å². The van der Waals surface area contributed by atoms with Gasteiger partial charge in [0, 0.05) is 49.3 Å². The number of carbonyl (C=O) groups is 1. The number of aromatic nitrogens is 2. The van der Waals surface area contributed by atoms with Crippen molar-refractivity contribution >= 4 is 55.9 Å². The average molecular weight is 574 g/mol. The number of aromatic carboxylic acids is 1. The number of carboxylic acids is 1. The van der Waals surface area contributed by atoms with Gasteiger partial charge in [-0.05, 0) is 44.0 Å². The molecule has 11 heteroatoms. The number of ether oxygens (including phenoxy) is 1. The number of piperazine rings is 1. The van der Waals surface area contributed by atoms with Crippen molar-refractivity contribution < 1.29 is 19.2 Å². The van der Waals surface area contributed by atoms with E-state index < -0.39 is 5.97 Å². The number of anilines is 1. The van der Waals surface area contributed by atoms with Crippen molar-refractivity contribution in [2.24, 2.45) is 0 Å². The van der Waals surface area contributed by atoms with Crippen LogP contribution in [0.4, 0.5) is 5.13 Å². The fourth-order valence-electron chi connectivity index (χ4n) is 5.14. The first-order valence-electron chi connectivity index (χ1n) is 12.5. The Kier molecular flexibility index (Phi) is 6.72. The summed E-state index contributed by atoms with van der Waals surface area (Å²) >= 11 is 14.6. The average Bonchev–Trinajstić information content (AvgIpc) is 3.51. The molecule has 38 heavy (non-hydrogen) atoms. The van der Waals surface area contributed by atoms with Crippen LogP contribution in [0.15, 0.2) is 34.9 Å². The summed E-state index contributed by atoms with van der Waals surface area (Å²) in [4.78, 5) is 21.1. The number of fused-ring (bicyclic) bond motifs is 1. The van der Waals surface area contributed by atoms with Crippen molar-refractivity contribution in [1.82, 2.24) is 15.0 Å². The van der Waals surface area contributed by atoms with E-state index in [0.717, 1.165) is 64.9 Å². The number of carboxylic acid groups (broad SMARTS) is 1. The van der Waals surface area contributed by atoms with Gasteiger partial charge in [0.15, 0.2) is 5.13 Å². The largest absolute Gasteiger partial charge is 0.494 e. The third-order valence-corrected chi connectivity index (χ3v) is 8.89. The third-order valence-electron chi connectivity index (χ3n) is 7.22. The molecule has 1 aliphatic heterocycles. The molecule has 8 nitrogen and oxygen atoms in total. The smallest absolute Gasteiger partial charge is 0.335 e. The van der Waals surface area contributed by atoms with E-state index >= 15 is 0 Å². The van der Waals surface area contributed by atoms with Crippen molar-refractivity contribution in [1.29, 1.82) is 0 Å². The molecule has 2 aromatic heterocycles. The van der Waals surface area contributed by atoms with Crippen LogP contribution in [-0.2, 0) is 6.54 Å². The summed E-state index contributed by atoms with van der Waals surface area (Å²) < 4.78 is 12.1. The summed E-state index contributed by atoms with van der Waals surface area (Å²) in [6.07, 6.45) is 2.21. The number of rotatable bonds is 7. The van der Waals surface area contributed by atoms with Crippen LogP contribution in [0.2, 0.25) is 10.0 Å². The maximum atomic E-state index is 11.5. The Balaban J connectivity index is 1.25. The monoisotopic (exact) mass is 572 g/mol. The highest BCUT2D eigenvalue weighted by Crippen LogP contribution is 2.46. The van der Waals surface area contributed by atoms with Gasteiger partial charge in [0.2, 0.25) is 0 Å². The Morgan fingerprint density at radius 3 is 2.66 bits per heavy atom. The maximum absolute atomic E-state index is 11.5.